The summed E-state index contributed by atoms with van der Waals surface area (Å²) in [6.45, 7) is 2.94. The van der Waals surface area contributed by atoms with E-state index in [1.54, 1.807) is 11.3 Å². The Bertz CT molecular complexity index is 481. The highest BCUT2D eigenvalue weighted by molar-refractivity contribution is 7.89. The SMILES string of the molecule is CCC(NS(=O)(=O)CCCCNC1CC1)c1cccs1. The van der Waals surface area contributed by atoms with Crippen molar-refractivity contribution in [3.05, 3.63) is 22.4 Å². The summed E-state index contributed by atoms with van der Waals surface area (Å²) in [5, 5.41) is 5.39. The van der Waals surface area contributed by atoms with Crippen LogP contribution in [-0.2, 0) is 10.0 Å². The fourth-order valence-corrected chi connectivity index (χ4v) is 4.48. The van der Waals surface area contributed by atoms with E-state index in [0.717, 1.165) is 30.7 Å². The normalized spacial score (nSPS) is 17.2. The summed E-state index contributed by atoms with van der Waals surface area (Å²) >= 11 is 1.60. The van der Waals surface area contributed by atoms with Gasteiger partial charge in [0.05, 0.1) is 11.8 Å². The van der Waals surface area contributed by atoms with Crippen LogP contribution in [0, 0.1) is 0 Å². The minimum absolute atomic E-state index is 0.0791. The first-order chi connectivity index (χ1) is 9.61. The number of nitrogens with one attached hydrogen (secondary N) is 2. The lowest BCUT2D eigenvalue weighted by atomic mass is 10.2. The van der Waals surface area contributed by atoms with Crippen LogP contribution in [0.1, 0.15) is 49.9 Å². The molecule has 0 spiro atoms. The molecule has 1 aromatic heterocycles. The number of hydrogen-bond donors (Lipinski definition) is 2. The molecule has 0 aliphatic heterocycles. The third-order valence-corrected chi connectivity index (χ3v) is 5.92. The Labute approximate surface area is 126 Å². The highest BCUT2D eigenvalue weighted by atomic mass is 32.2. The van der Waals surface area contributed by atoms with Crippen LogP contribution in [0.15, 0.2) is 17.5 Å². The number of hydrogen-bond acceptors (Lipinski definition) is 4. The predicted octanol–water partition coefficient (Wildman–Crippen LogP) is 2.65. The maximum Gasteiger partial charge on any atom is 0.212 e. The fourth-order valence-electron chi connectivity index (χ4n) is 2.12. The zero-order chi connectivity index (χ0) is 14.4. The van der Waals surface area contributed by atoms with Crippen molar-refractivity contribution < 1.29 is 8.42 Å². The van der Waals surface area contributed by atoms with Crippen molar-refractivity contribution in [1.29, 1.82) is 0 Å². The Morgan fingerprint density at radius 2 is 2.20 bits per heavy atom. The molecule has 4 nitrogen and oxygen atoms in total. The highest BCUT2D eigenvalue weighted by Gasteiger charge is 2.20. The van der Waals surface area contributed by atoms with Crippen LogP contribution in [0.25, 0.3) is 0 Å². The van der Waals surface area contributed by atoms with Crippen molar-refractivity contribution in [3.8, 4) is 0 Å². The lowest BCUT2D eigenvalue weighted by Gasteiger charge is -2.15. The van der Waals surface area contributed by atoms with E-state index in [1.807, 2.05) is 24.4 Å². The van der Waals surface area contributed by atoms with Gasteiger partial charge in [-0.2, -0.15) is 0 Å². The van der Waals surface area contributed by atoms with E-state index >= 15 is 0 Å². The van der Waals surface area contributed by atoms with E-state index in [4.69, 9.17) is 0 Å². The van der Waals surface area contributed by atoms with Crippen molar-refractivity contribution in [2.24, 2.45) is 0 Å². The lowest BCUT2D eigenvalue weighted by molar-refractivity contribution is 0.547. The summed E-state index contributed by atoms with van der Waals surface area (Å²) in [5.41, 5.74) is 0. The van der Waals surface area contributed by atoms with Crippen LogP contribution in [0.2, 0.25) is 0 Å². The molecular weight excluding hydrogens is 292 g/mol. The lowest BCUT2D eigenvalue weighted by Crippen LogP contribution is -2.30. The van der Waals surface area contributed by atoms with Crippen LogP contribution >= 0.6 is 11.3 Å². The van der Waals surface area contributed by atoms with Gasteiger partial charge in [-0.3, -0.25) is 0 Å². The molecule has 0 radical (unpaired) electrons. The van der Waals surface area contributed by atoms with Gasteiger partial charge < -0.3 is 5.32 Å². The van der Waals surface area contributed by atoms with Crippen LogP contribution < -0.4 is 10.0 Å². The van der Waals surface area contributed by atoms with Gasteiger partial charge in [0, 0.05) is 10.9 Å². The van der Waals surface area contributed by atoms with Gasteiger partial charge in [-0.25, -0.2) is 13.1 Å². The first kappa shape index (κ1) is 15.9. The molecule has 20 heavy (non-hydrogen) atoms. The van der Waals surface area contributed by atoms with E-state index in [2.05, 4.69) is 10.0 Å². The molecule has 0 bridgehead atoms. The largest absolute Gasteiger partial charge is 0.314 e. The summed E-state index contributed by atoms with van der Waals surface area (Å²) in [7, 11) is -3.18. The molecule has 0 aromatic carbocycles. The van der Waals surface area contributed by atoms with Crippen molar-refractivity contribution in [2.75, 3.05) is 12.3 Å². The topological polar surface area (TPSA) is 58.2 Å². The second kappa shape index (κ2) is 7.54. The molecule has 1 aliphatic rings. The van der Waals surface area contributed by atoms with Crippen LogP contribution in [-0.4, -0.2) is 26.8 Å². The Balaban J connectivity index is 1.71. The van der Waals surface area contributed by atoms with Crippen LogP contribution in [0.4, 0.5) is 0 Å². The molecule has 1 atom stereocenters. The van der Waals surface area contributed by atoms with Gasteiger partial charge in [-0.1, -0.05) is 13.0 Å². The second-order valence-corrected chi connectivity index (χ2v) is 8.20. The number of rotatable bonds is 10. The quantitative estimate of drug-likeness (QED) is 0.652. The molecule has 2 rings (SSSR count). The molecular formula is C14H24N2O2S2. The van der Waals surface area contributed by atoms with Crippen LogP contribution in [0.3, 0.4) is 0 Å². The van der Waals surface area contributed by atoms with Gasteiger partial charge >= 0.3 is 0 Å². The Kier molecular flexibility index (Phi) is 6.01. The zero-order valence-corrected chi connectivity index (χ0v) is 13.6. The number of unbranched alkanes of at least 4 members (excludes halogenated alkanes) is 1. The maximum absolute atomic E-state index is 12.1. The Morgan fingerprint density at radius 1 is 1.40 bits per heavy atom. The van der Waals surface area contributed by atoms with Crippen molar-refractivity contribution >= 4 is 21.4 Å². The highest BCUT2D eigenvalue weighted by Crippen LogP contribution is 2.22. The van der Waals surface area contributed by atoms with E-state index in [0.29, 0.717) is 6.04 Å². The molecule has 2 N–H and O–H groups in total. The summed E-state index contributed by atoms with van der Waals surface area (Å²) in [4.78, 5) is 1.09. The van der Waals surface area contributed by atoms with E-state index in [9.17, 15) is 8.42 Å². The molecule has 1 saturated carbocycles. The summed E-state index contributed by atoms with van der Waals surface area (Å²) in [5.74, 6) is 0.223. The van der Waals surface area contributed by atoms with Gasteiger partial charge in [0.1, 0.15) is 0 Å². The summed E-state index contributed by atoms with van der Waals surface area (Å²) in [6.07, 6.45) is 4.98. The Hall–Kier alpha value is -0.430. The second-order valence-electron chi connectivity index (χ2n) is 5.35. The molecule has 1 fully saturated rings. The molecule has 0 amide bonds. The molecule has 6 heteroatoms. The third-order valence-electron chi connectivity index (χ3n) is 3.47. The molecule has 0 saturated heterocycles. The van der Waals surface area contributed by atoms with E-state index in [-0.39, 0.29) is 11.8 Å². The van der Waals surface area contributed by atoms with Crippen molar-refractivity contribution in [2.45, 2.75) is 51.1 Å². The first-order valence-corrected chi connectivity index (χ1v) is 9.90. The average Bonchev–Trinajstić information content (AvgIpc) is 3.07. The van der Waals surface area contributed by atoms with Crippen LogP contribution in [0.5, 0.6) is 0 Å². The van der Waals surface area contributed by atoms with E-state index < -0.39 is 10.0 Å². The molecule has 114 valence electrons. The maximum atomic E-state index is 12.1. The summed E-state index contributed by atoms with van der Waals surface area (Å²) in [6, 6.07) is 4.57. The minimum atomic E-state index is -3.18. The standard InChI is InChI=1S/C14H24N2O2S2/c1-2-13(14-6-5-10-19-14)16-20(17,18)11-4-3-9-15-12-7-8-12/h5-6,10,12-13,15-16H,2-4,7-9,11H2,1H3. The minimum Gasteiger partial charge on any atom is -0.314 e. The predicted molar refractivity (Wildman–Crippen MR) is 84.5 cm³/mol. The third kappa shape index (κ3) is 5.52. The van der Waals surface area contributed by atoms with E-state index in [1.165, 1.54) is 12.8 Å². The van der Waals surface area contributed by atoms with Gasteiger partial charge in [-0.05, 0) is 50.1 Å². The first-order valence-electron chi connectivity index (χ1n) is 7.37. The van der Waals surface area contributed by atoms with Gasteiger partial charge in [0.2, 0.25) is 10.0 Å². The van der Waals surface area contributed by atoms with Crippen molar-refractivity contribution in [1.82, 2.24) is 10.0 Å². The molecule has 1 heterocycles. The zero-order valence-electron chi connectivity index (χ0n) is 12.0. The molecule has 1 aliphatic carbocycles. The van der Waals surface area contributed by atoms with Crippen molar-refractivity contribution in [3.63, 3.8) is 0 Å². The number of sulfonamides is 1. The monoisotopic (exact) mass is 316 g/mol. The molecule has 1 aromatic rings. The smallest absolute Gasteiger partial charge is 0.212 e. The number of thiophene rings is 1. The Morgan fingerprint density at radius 3 is 2.80 bits per heavy atom. The average molecular weight is 316 g/mol. The summed E-state index contributed by atoms with van der Waals surface area (Å²) < 4.78 is 27.0. The van der Waals surface area contributed by atoms with Gasteiger partial charge in [-0.15, -0.1) is 11.3 Å². The molecule has 1 unspecified atom stereocenters. The van der Waals surface area contributed by atoms with Gasteiger partial charge in [0.25, 0.3) is 0 Å². The van der Waals surface area contributed by atoms with Gasteiger partial charge in [0.15, 0.2) is 0 Å². The fraction of sp³-hybridized carbons (Fsp3) is 0.714.